The molecule has 4 heterocycles. The lowest BCUT2D eigenvalue weighted by Gasteiger charge is -2.53. The van der Waals surface area contributed by atoms with Crippen molar-refractivity contribution in [1.29, 1.82) is 0 Å². The van der Waals surface area contributed by atoms with E-state index < -0.39 is 5.41 Å². The van der Waals surface area contributed by atoms with Gasteiger partial charge in [0.2, 0.25) is 11.8 Å². The zero-order chi connectivity index (χ0) is 20.3. The van der Waals surface area contributed by atoms with Crippen LogP contribution in [0.2, 0.25) is 0 Å². The normalized spacial score (nSPS) is 28.6. The lowest BCUT2D eigenvalue weighted by molar-refractivity contribution is -0.154. The zero-order valence-electron chi connectivity index (χ0n) is 17.3. The van der Waals surface area contributed by atoms with E-state index in [0.717, 1.165) is 57.3 Å². The van der Waals surface area contributed by atoms with Crippen LogP contribution in [-0.2, 0) is 20.7 Å². The van der Waals surface area contributed by atoms with Gasteiger partial charge in [-0.05, 0) is 57.3 Å². The molecule has 1 N–H and O–H groups in total. The zero-order valence-corrected chi connectivity index (χ0v) is 17.3. The van der Waals surface area contributed by atoms with Gasteiger partial charge in [-0.3, -0.25) is 14.6 Å². The van der Waals surface area contributed by atoms with E-state index in [4.69, 9.17) is 4.74 Å². The molecule has 1 aromatic rings. The van der Waals surface area contributed by atoms with Crippen LogP contribution in [0.3, 0.4) is 0 Å². The van der Waals surface area contributed by atoms with Crippen LogP contribution in [0.15, 0.2) is 24.5 Å². The van der Waals surface area contributed by atoms with Crippen molar-refractivity contribution >= 4 is 11.8 Å². The maximum atomic E-state index is 13.5. The monoisotopic (exact) mass is 400 g/mol. The number of piperidine rings is 2. The molecule has 7 heteroatoms. The average Bonchev–Trinajstić information content (AvgIpc) is 2.74. The van der Waals surface area contributed by atoms with E-state index in [2.05, 4.69) is 22.2 Å². The van der Waals surface area contributed by atoms with E-state index in [1.54, 1.807) is 12.4 Å². The van der Waals surface area contributed by atoms with Crippen molar-refractivity contribution in [2.45, 2.75) is 50.6 Å². The smallest absolute Gasteiger partial charge is 0.228 e. The molecule has 0 radical (unpaired) electrons. The number of hydrogen-bond acceptors (Lipinski definition) is 5. The van der Waals surface area contributed by atoms with Gasteiger partial charge in [-0.15, -0.1) is 0 Å². The number of carbonyl (C=O) groups is 2. The first kappa shape index (κ1) is 20.3. The Morgan fingerprint density at radius 1 is 1.28 bits per heavy atom. The van der Waals surface area contributed by atoms with Gasteiger partial charge < -0.3 is 19.9 Å². The summed E-state index contributed by atoms with van der Waals surface area (Å²) in [5.74, 6) is 0.239. The molecule has 0 aromatic carbocycles. The molecule has 3 saturated heterocycles. The van der Waals surface area contributed by atoms with Gasteiger partial charge in [-0.1, -0.05) is 6.07 Å². The Balaban J connectivity index is 1.53. The molecule has 3 aliphatic heterocycles. The minimum atomic E-state index is -0.479. The van der Waals surface area contributed by atoms with Gasteiger partial charge in [0, 0.05) is 44.7 Å². The third-order valence-electron chi connectivity index (χ3n) is 6.87. The molecule has 3 fully saturated rings. The molecule has 3 aliphatic rings. The quantitative estimate of drug-likeness (QED) is 0.823. The van der Waals surface area contributed by atoms with Crippen LogP contribution < -0.4 is 5.32 Å². The van der Waals surface area contributed by atoms with E-state index in [-0.39, 0.29) is 23.9 Å². The number of likely N-dealkylation sites (tertiary alicyclic amines) is 2. The summed E-state index contributed by atoms with van der Waals surface area (Å²) >= 11 is 0. The molecule has 1 aromatic heterocycles. The molecule has 0 spiro atoms. The Morgan fingerprint density at radius 2 is 2.10 bits per heavy atom. The van der Waals surface area contributed by atoms with Crippen molar-refractivity contribution in [3.05, 3.63) is 30.1 Å². The molecule has 7 nitrogen and oxygen atoms in total. The van der Waals surface area contributed by atoms with Crippen molar-refractivity contribution in [3.8, 4) is 0 Å². The molecule has 29 heavy (non-hydrogen) atoms. The molecule has 4 rings (SSSR count). The van der Waals surface area contributed by atoms with Gasteiger partial charge in [0.05, 0.1) is 17.9 Å². The molecule has 2 atom stereocenters. The summed E-state index contributed by atoms with van der Waals surface area (Å²) in [6.45, 7) is 3.78. The molecule has 158 valence electrons. The van der Waals surface area contributed by atoms with Crippen LogP contribution >= 0.6 is 0 Å². The van der Waals surface area contributed by atoms with Crippen molar-refractivity contribution < 1.29 is 14.3 Å². The minimum Gasteiger partial charge on any atom is -0.381 e. The Kier molecular flexibility index (Phi) is 6.15. The summed E-state index contributed by atoms with van der Waals surface area (Å²) in [4.78, 5) is 35.1. The molecular formula is C22H32N4O3. The number of likely N-dealkylation sites (N-methyl/N-ethyl adjacent to an activating group) is 1. The summed E-state index contributed by atoms with van der Waals surface area (Å²) < 4.78 is 5.43. The van der Waals surface area contributed by atoms with Crippen LogP contribution in [-0.4, -0.2) is 78.6 Å². The maximum absolute atomic E-state index is 13.5. The molecule has 0 saturated carbocycles. The average molecular weight is 401 g/mol. The van der Waals surface area contributed by atoms with Crippen molar-refractivity contribution in [2.75, 3.05) is 39.9 Å². The largest absolute Gasteiger partial charge is 0.381 e. The highest BCUT2D eigenvalue weighted by molar-refractivity contribution is 5.86. The predicted molar refractivity (Wildman–Crippen MR) is 109 cm³/mol. The third kappa shape index (κ3) is 4.31. The van der Waals surface area contributed by atoms with Gasteiger partial charge in [0.25, 0.3) is 0 Å². The predicted octanol–water partition coefficient (Wildman–Crippen LogP) is 1.23. The minimum absolute atomic E-state index is 0.0704. The molecule has 0 bridgehead atoms. The summed E-state index contributed by atoms with van der Waals surface area (Å²) in [6.07, 6.45) is 8.09. The van der Waals surface area contributed by atoms with Crippen molar-refractivity contribution in [3.63, 3.8) is 0 Å². The standard InChI is InChI=1S/C22H32N4O3/c1-25-11-8-22(21(28)24-18-5-12-29-13-6-18)7-3-10-26(19(22)16-25)20(27)14-17-4-2-9-23-15-17/h2,4,9,15,18-19H,3,5-8,10-14,16H2,1H3,(H,24,28)/t19-,22+/m0/s1. The molecule has 0 unspecified atom stereocenters. The number of nitrogens with zero attached hydrogens (tertiary/aromatic N) is 3. The number of nitrogens with one attached hydrogen (secondary N) is 1. The Hall–Kier alpha value is -1.99. The number of fused-ring (bicyclic) bond motifs is 1. The van der Waals surface area contributed by atoms with E-state index in [1.807, 2.05) is 17.0 Å². The first-order valence-electron chi connectivity index (χ1n) is 10.8. The van der Waals surface area contributed by atoms with Crippen molar-refractivity contribution in [2.24, 2.45) is 5.41 Å². The number of amides is 2. The van der Waals surface area contributed by atoms with E-state index in [9.17, 15) is 9.59 Å². The lowest BCUT2D eigenvalue weighted by Crippen LogP contribution is -2.67. The SMILES string of the molecule is CN1CC[C@]2(C(=O)NC3CCOCC3)CCCN(C(=O)Cc3cccnc3)[C@H]2C1. The highest BCUT2D eigenvalue weighted by Gasteiger charge is 2.53. The fraction of sp³-hybridized carbons (Fsp3) is 0.682. The second-order valence-electron chi connectivity index (χ2n) is 8.77. The first-order chi connectivity index (χ1) is 14.1. The van der Waals surface area contributed by atoms with Crippen LogP contribution in [0.5, 0.6) is 0 Å². The second kappa shape index (κ2) is 8.79. The maximum Gasteiger partial charge on any atom is 0.228 e. The fourth-order valence-corrected chi connectivity index (χ4v) is 5.15. The number of aromatic nitrogens is 1. The van der Waals surface area contributed by atoms with Crippen LogP contribution in [0.4, 0.5) is 0 Å². The molecule has 2 amide bonds. The summed E-state index contributed by atoms with van der Waals surface area (Å²) in [5, 5.41) is 3.32. The lowest BCUT2D eigenvalue weighted by atomic mass is 9.67. The molecular weight excluding hydrogens is 368 g/mol. The molecule has 0 aliphatic carbocycles. The highest BCUT2D eigenvalue weighted by Crippen LogP contribution is 2.43. The Bertz CT molecular complexity index is 722. The summed E-state index contributed by atoms with van der Waals surface area (Å²) in [7, 11) is 2.08. The van der Waals surface area contributed by atoms with Crippen LogP contribution in [0, 0.1) is 5.41 Å². The van der Waals surface area contributed by atoms with Gasteiger partial charge in [0.1, 0.15) is 0 Å². The van der Waals surface area contributed by atoms with E-state index in [0.29, 0.717) is 19.6 Å². The highest BCUT2D eigenvalue weighted by atomic mass is 16.5. The van der Waals surface area contributed by atoms with Gasteiger partial charge in [-0.25, -0.2) is 0 Å². The van der Waals surface area contributed by atoms with Crippen LogP contribution in [0.1, 0.15) is 37.7 Å². The Labute approximate surface area is 172 Å². The number of carbonyl (C=O) groups excluding carboxylic acids is 2. The summed E-state index contributed by atoms with van der Waals surface area (Å²) in [5.41, 5.74) is 0.442. The number of pyridine rings is 1. The number of rotatable bonds is 4. The number of ether oxygens (including phenoxy) is 1. The fourth-order valence-electron chi connectivity index (χ4n) is 5.15. The van der Waals surface area contributed by atoms with E-state index >= 15 is 0 Å². The topological polar surface area (TPSA) is 74.8 Å². The van der Waals surface area contributed by atoms with Gasteiger partial charge in [0.15, 0.2) is 0 Å². The summed E-state index contributed by atoms with van der Waals surface area (Å²) in [6, 6.07) is 3.91. The Morgan fingerprint density at radius 3 is 2.86 bits per heavy atom. The van der Waals surface area contributed by atoms with Gasteiger partial charge in [-0.2, -0.15) is 0 Å². The van der Waals surface area contributed by atoms with Crippen molar-refractivity contribution in [1.82, 2.24) is 20.1 Å². The number of hydrogen-bond donors (Lipinski definition) is 1. The van der Waals surface area contributed by atoms with E-state index in [1.165, 1.54) is 0 Å². The van der Waals surface area contributed by atoms with Gasteiger partial charge >= 0.3 is 0 Å². The first-order valence-corrected chi connectivity index (χ1v) is 10.8. The third-order valence-corrected chi connectivity index (χ3v) is 6.87. The second-order valence-corrected chi connectivity index (χ2v) is 8.77. The van der Waals surface area contributed by atoms with Crippen LogP contribution in [0.25, 0.3) is 0 Å².